The number of carbonyl (C=O) groups is 1. The average molecular weight is 453 g/mol. The summed E-state index contributed by atoms with van der Waals surface area (Å²) < 4.78 is 10.4. The Labute approximate surface area is 189 Å². The number of benzene rings is 1. The highest BCUT2D eigenvalue weighted by Gasteiger charge is 2.39. The highest BCUT2D eigenvalue weighted by Crippen LogP contribution is 2.36. The summed E-state index contributed by atoms with van der Waals surface area (Å²) in [6, 6.07) is 6.94. The van der Waals surface area contributed by atoms with Gasteiger partial charge in [0.05, 0.1) is 18.8 Å². The van der Waals surface area contributed by atoms with E-state index in [0.717, 1.165) is 6.42 Å². The summed E-state index contributed by atoms with van der Waals surface area (Å²) in [6.45, 7) is 2.25. The monoisotopic (exact) mass is 452 g/mol. The standard InChI is InChI=1S/C24H33ClO6/c1-2-30-24(29)11-6-4-3-5-10-20-21(23(28)15-22(20)27)13-12-18(26)16-31-19-9-7-8-17(25)14-19/h3,5,7-9,12-14,18,20-23,26-28H,2,4,6,10-11,15-16H2,1H3/b5-3-,13-12+/t18-,20-,21-,22+,23-/m1/s1. The molecule has 1 aliphatic rings. The number of unbranched alkanes of at least 4 members (excludes halogenated alkanes) is 1. The van der Waals surface area contributed by atoms with Gasteiger partial charge >= 0.3 is 5.97 Å². The molecule has 0 bridgehead atoms. The number of halogens is 1. The molecule has 3 N–H and O–H groups in total. The Kier molecular flexibility index (Phi) is 11.1. The van der Waals surface area contributed by atoms with E-state index < -0.39 is 18.3 Å². The van der Waals surface area contributed by atoms with Gasteiger partial charge < -0.3 is 24.8 Å². The topological polar surface area (TPSA) is 96.2 Å². The molecule has 1 fully saturated rings. The van der Waals surface area contributed by atoms with Crippen molar-refractivity contribution in [2.75, 3.05) is 13.2 Å². The van der Waals surface area contributed by atoms with Crippen LogP contribution in [0.4, 0.5) is 0 Å². The molecule has 5 atom stereocenters. The first-order valence-corrected chi connectivity index (χ1v) is 11.2. The second-order valence-corrected chi connectivity index (χ2v) is 8.17. The zero-order chi connectivity index (χ0) is 22.6. The summed E-state index contributed by atoms with van der Waals surface area (Å²) in [5, 5.41) is 31.4. The van der Waals surface area contributed by atoms with Crippen LogP contribution in [0.25, 0.3) is 0 Å². The Morgan fingerprint density at radius 2 is 2.10 bits per heavy atom. The van der Waals surface area contributed by atoms with Crippen molar-refractivity contribution in [3.63, 3.8) is 0 Å². The summed E-state index contributed by atoms with van der Waals surface area (Å²) in [7, 11) is 0. The van der Waals surface area contributed by atoms with E-state index in [1.54, 1.807) is 43.3 Å². The predicted octanol–water partition coefficient (Wildman–Crippen LogP) is 3.67. The third kappa shape index (κ3) is 9.03. The Hall–Kier alpha value is -1.86. The van der Waals surface area contributed by atoms with Gasteiger partial charge in [-0.25, -0.2) is 0 Å². The Morgan fingerprint density at radius 1 is 1.29 bits per heavy atom. The fourth-order valence-electron chi connectivity index (χ4n) is 3.73. The van der Waals surface area contributed by atoms with Crippen molar-refractivity contribution in [2.45, 2.75) is 57.3 Å². The highest BCUT2D eigenvalue weighted by atomic mass is 35.5. The van der Waals surface area contributed by atoms with E-state index in [-0.39, 0.29) is 24.4 Å². The van der Waals surface area contributed by atoms with Crippen LogP contribution in [-0.2, 0) is 9.53 Å². The van der Waals surface area contributed by atoms with Crippen molar-refractivity contribution >= 4 is 17.6 Å². The van der Waals surface area contributed by atoms with Gasteiger partial charge in [0, 0.05) is 23.8 Å². The van der Waals surface area contributed by atoms with Crippen molar-refractivity contribution in [2.24, 2.45) is 11.8 Å². The lowest BCUT2D eigenvalue weighted by Gasteiger charge is -2.19. The molecule has 0 unspecified atom stereocenters. The van der Waals surface area contributed by atoms with E-state index in [4.69, 9.17) is 21.1 Å². The molecule has 0 aliphatic heterocycles. The van der Waals surface area contributed by atoms with Crippen LogP contribution in [0.15, 0.2) is 48.6 Å². The van der Waals surface area contributed by atoms with Gasteiger partial charge in [0.25, 0.3) is 0 Å². The third-order valence-corrected chi connectivity index (χ3v) is 5.56. The minimum atomic E-state index is -0.844. The van der Waals surface area contributed by atoms with E-state index in [2.05, 4.69) is 0 Å². The zero-order valence-electron chi connectivity index (χ0n) is 17.9. The number of carbonyl (C=O) groups excluding carboxylic acids is 1. The zero-order valence-corrected chi connectivity index (χ0v) is 18.7. The van der Waals surface area contributed by atoms with Crippen LogP contribution in [0, 0.1) is 11.8 Å². The van der Waals surface area contributed by atoms with Crippen molar-refractivity contribution < 1.29 is 29.6 Å². The summed E-state index contributed by atoms with van der Waals surface area (Å²) in [5.74, 6) is 0.00388. The molecule has 0 spiro atoms. The SMILES string of the molecule is CCOC(=O)CCC/C=C\C[C@@H]1[C@@H](/C=C/[C@@H](O)COc2cccc(Cl)c2)[C@H](O)C[C@@H]1O. The van der Waals surface area contributed by atoms with Gasteiger partial charge in [-0.3, -0.25) is 4.79 Å². The number of aliphatic hydroxyl groups is 3. The second-order valence-electron chi connectivity index (χ2n) is 7.74. The molecular weight excluding hydrogens is 420 g/mol. The van der Waals surface area contributed by atoms with Crippen LogP contribution in [0.1, 0.15) is 39.0 Å². The predicted molar refractivity (Wildman–Crippen MR) is 120 cm³/mol. The smallest absolute Gasteiger partial charge is 0.305 e. The first-order valence-electron chi connectivity index (χ1n) is 10.8. The quantitative estimate of drug-likeness (QED) is 0.254. The number of esters is 1. The third-order valence-electron chi connectivity index (χ3n) is 5.32. The fraction of sp³-hybridized carbons (Fsp3) is 0.542. The molecule has 172 valence electrons. The minimum absolute atomic E-state index is 0.0627. The molecule has 31 heavy (non-hydrogen) atoms. The molecule has 1 aromatic carbocycles. The van der Waals surface area contributed by atoms with Crippen LogP contribution < -0.4 is 4.74 Å². The van der Waals surface area contributed by atoms with Gasteiger partial charge in [-0.05, 0) is 50.3 Å². The van der Waals surface area contributed by atoms with Gasteiger partial charge in [-0.15, -0.1) is 0 Å². The number of allylic oxidation sites excluding steroid dienone is 2. The van der Waals surface area contributed by atoms with Crippen LogP contribution in [0.3, 0.4) is 0 Å². The maximum Gasteiger partial charge on any atom is 0.305 e. The Bertz CT molecular complexity index is 735. The van der Waals surface area contributed by atoms with Gasteiger partial charge in [-0.1, -0.05) is 42.0 Å². The van der Waals surface area contributed by atoms with Crippen LogP contribution in [0.5, 0.6) is 5.75 Å². The normalized spacial score (nSPS) is 24.7. The van der Waals surface area contributed by atoms with Crippen molar-refractivity contribution in [3.05, 3.63) is 53.6 Å². The molecule has 0 saturated heterocycles. The molecule has 6 nitrogen and oxygen atoms in total. The number of ether oxygens (including phenoxy) is 2. The van der Waals surface area contributed by atoms with Gasteiger partial charge in [0.1, 0.15) is 18.5 Å². The summed E-state index contributed by atoms with van der Waals surface area (Å²) in [4.78, 5) is 11.3. The molecule has 1 aromatic rings. The second kappa shape index (κ2) is 13.5. The van der Waals surface area contributed by atoms with E-state index in [1.165, 1.54) is 0 Å². The van der Waals surface area contributed by atoms with Crippen LogP contribution in [0.2, 0.25) is 5.02 Å². The van der Waals surface area contributed by atoms with Crippen molar-refractivity contribution in [1.82, 2.24) is 0 Å². The van der Waals surface area contributed by atoms with Gasteiger partial charge in [0.15, 0.2) is 0 Å². The highest BCUT2D eigenvalue weighted by molar-refractivity contribution is 6.30. The van der Waals surface area contributed by atoms with E-state index >= 15 is 0 Å². The summed E-state index contributed by atoms with van der Waals surface area (Å²) >= 11 is 5.92. The molecular formula is C24H33ClO6. The number of hydrogen-bond acceptors (Lipinski definition) is 6. The molecule has 7 heteroatoms. The molecule has 0 aromatic heterocycles. The van der Waals surface area contributed by atoms with E-state index in [0.29, 0.717) is 43.1 Å². The number of hydrogen-bond donors (Lipinski definition) is 3. The van der Waals surface area contributed by atoms with Crippen molar-refractivity contribution in [3.8, 4) is 5.75 Å². The lowest BCUT2D eigenvalue weighted by molar-refractivity contribution is -0.143. The molecule has 1 aliphatic carbocycles. The minimum Gasteiger partial charge on any atom is -0.491 e. The molecule has 1 saturated carbocycles. The maximum atomic E-state index is 11.3. The first-order chi connectivity index (χ1) is 14.9. The summed E-state index contributed by atoms with van der Waals surface area (Å²) in [5.41, 5.74) is 0. The van der Waals surface area contributed by atoms with E-state index in [9.17, 15) is 20.1 Å². The molecule has 0 heterocycles. The van der Waals surface area contributed by atoms with Gasteiger partial charge in [-0.2, -0.15) is 0 Å². The summed E-state index contributed by atoms with van der Waals surface area (Å²) in [6.07, 6.45) is 8.03. The van der Waals surface area contributed by atoms with Crippen LogP contribution >= 0.6 is 11.6 Å². The Balaban J connectivity index is 1.79. The van der Waals surface area contributed by atoms with Crippen LogP contribution in [-0.4, -0.2) is 52.8 Å². The molecule has 0 radical (unpaired) electrons. The van der Waals surface area contributed by atoms with Crippen molar-refractivity contribution in [1.29, 1.82) is 0 Å². The number of aliphatic hydroxyl groups excluding tert-OH is 3. The molecule has 2 rings (SSSR count). The Morgan fingerprint density at radius 3 is 2.84 bits per heavy atom. The maximum absolute atomic E-state index is 11.3. The van der Waals surface area contributed by atoms with E-state index in [1.807, 2.05) is 12.2 Å². The average Bonchev–Trinajstić information content (AvgIpc) is 3.00. The first kappa shape index (κ1) is 25.4. The lowest BCUT2D eigenvalue weighted by atomic mass is 9.89. The molecule has 0 amide bonds. The fourth-order valence-corrected chi connectivity index (χ4v) is 3.91. The van der Waals surface area contributed by atoms with Gasteiger partial charge in [0.2, 0.25) is 0 Å². The lowest BCUT2D eigenvalue weighted by Crippen LogP contribution is -2.21. The number of rotatable bonds is 12. The largest absolute Gasteiger partial charge is 0.491 e.